The monoisotopic (exact) mass is 113 g/mol. The van der Waals surface area contributed by atoms with Crippen molar-refractivity contribution in [2.24, 2.45) is 5.18 Å². The molecule has 0 bridgehead atoms. The molecular weight excluding hydrogens is 106 g/mol. The van der Waals surface area contributed by atoms with Gasteiger partial charge in [-0.2, -0.15) is 4.91 Å². The van der Waals surface area contributed by atoms with Crippen LogP contribution in [0.25, 0.3) is 0 Å². The molecule has 0 fully saturated rings. The van der Waals surface area contributed by atoms with Gasteiger partial charge in [-0.25, -0.2) is 0 Å². The zero-order valence-corrected chi connectivity index (χ0v) is 4.42. The first-order valence-corrected chi connectivity index (χ1v) is 2.03. The molecule has 1 N–H and O–H groups in total. The van der Waals surface area contributed by atoms with Crippen molar-refractivity contribution in [3.63, 3.8) is 0 Å². The number of hydrogen-bond acceptors (Lipinski definition) is 3. The van der Waals surface area contributed by atoms with Crippen LogP contribution in [0.4, 0.5) is 0 Å². The predicted molar refractivity (Wildman–Crippen MR) is 31.6 cm³/mol. The van der Waals surface area contributed by atoms with Gasteiger partial charge in [-0.05, 0) is 0 Å². The Hall–Kier alpha value is -1.12. The van der Waals surface area contributed by atoms with Gasteiger partial charge in [-0.15, -0.1) is 0 Å². The maximum absolute atomic E-state index is 9.46. The van der Waals surface area contributed by atoms with Crippen LogP contribution in [0.2, 0.25) is 0 Å². The maximum atomic E-state index is 9.46. The minimum atomic E-state index is -0.176. The molecule has 0 radical (unpaired) electrons. The van der Waals surface area contributed by atoms with Crippen molar-refractivity contribution in [2.45, 2.75) is 0 Å². The molecule has 44 valence electrons. The molecule has 0 aromatic heterocycles. The molecule has 0 aromatic carbocycles. The molecule has 0 atom stereocenters. The third-order valence-corrected chi connectivity index (χ3v) is 0.664. The maximum Gasteiger partial charge on any atom is 0.113 e. The molecule has 0 unspecified atom stereocenters. The van der Waals surface area contributed by atoms with Crippen LogP contribution in [0, 0.1) is 4.91 Å². The van der Waals surface area contributed by atoms with Crippen LogP contribution < -0.4 is 0 Å². The molecule has 8 heavy (non-hydrogen) atoms. The van der Waals surface area contributed by atoms with E-state index in [-0.39, 0.29) is 17.9 Å². The second-order valence-electron chi connectivity index (χ2n) is 1.34. The third-order valence-electron chi connectivity index (χ3n) is 0.664. The van der Waals surface area contributed by atoms with Gasteiger partial charge in [-0.1, -0.05) is 18.3 Å². The van der Waals surface area contributed by atoms with E-state index in [1.54, 1.807) is 0 Å². The third kappa shape index (κ3) is 2.12. The second-order valence-corrected chi connectivity index (χ2v) is 1.34. The Bertz CT molecular complexity index is 128. The highest BCUT2D eigenvalue weighted by atomic mass is 16.3. The Labute approximate surface area is 47.3 Å². The van der Waals surface area contributed by atoms with Gasteiger partial charge in [0.05, 0.1) is 0 Å². The molecular formula is C5H7NO2. The lowest BCUT2D eigenvalue weighted by molar-refractivity contribution is 0.425. The summed E-state index contributed by atoms with van der Waals surface area (Å²) in [6.07, 6.45) is 0. The van der Waals surface area contributed by atoms with Crippen LogP contribution in [0.15, 0.2) is 29.7 Å². The summed E-state index contributed by atoms with van der Waals surface area (Å²) in [6.45, 7) is 6.34. The van der Waals surface area contributed by atoms with Crippen LogP contribution in [-0.2, 0) is 0 Å². The number of nitroso groups, excluding NO2 is 1. The van der Waals surface area contributed by atoms with Gasteiger partial charge in [0.25, 0.3) is 0 Å². The Morgan fingerprint density at radius 2 is 2.12 bits per heavy atom. The van der Waals surface area contributed by atoms with E-state index in [1.165, 1.54) is 0 Å². The molecule has 0 amide bonds. The Balaban J connectivity index is 3.65. The van der Waals surface area contributed by atoms with E-state index in [1.807, 2.05) is 0 Å². The van der Waals surface area contributed by atoms with E-state index in [4.69, 9.17) is 5.11 Å². The van der Waals surface area contributed by atoms with Crippen molar-refractivity contribution < 1.29 is 5.11 Å². The van der Waals surface area contributed by atoms with Crippen LogP contribution in [0.3, 0.4) is 0 Å². The van der Waals surface area contributed by atoms with E-state index in [0.29, 0.717) is 0 Å². The molecule has 0 rings (SSSR count). The fourth-order valence-electron chi connectivity index (χ4n) is 0.169. The molecule has 0 aliphatic heterocycles. The Morgan fingerprint density at radius 3 is 2.25 bits per heavy atom. The lowest BCUT2D eigenvalue weighted by Crippen LogP contribution is -1.87. The average molecular weight is 113 g/mol. The van der Waals surface area contributed by atoms with Gasteiger partial charge in [-0.3, -0.25) is 0 Å². The van der Waals surface area contributed by atoms with E-state index < -0.39 is 0 Å². The summed E-state index contributed by atoms with van der Waals surface area (Å²) < 4.78 is 0. The smallest absolute Gasteiger partial charge is 0.113 e. The van der Waals surface area contributed by atoms with Gasteiger partial charge in [0, 0.05) is 5.57 Å². The normalized spacial score (nSPS) is 8.00. The fourth-order valence-corrected chi connectivity index (χ4v) is 0.169. The number of aliphatic hydroxyl groups excluding tert-OH is 1. The summed E-state index contributed by atoms with van der Waals surface area (Å²) in [5.74, 6) is -0.176. The number of rotatable bonds is 3. The Kier molecular flexibility index (Phi) is 2.54. The van der Waals surface area contributed by atoms with Gasteiger partial charge in [0.2, 0.25) is 0 Å². The standard InChI is InChI=1S/C5H7NO2/c1-4(3-6-8)5(2)7/h7H,1-3H2. The average Bonchev–Trinajstić information content (AvgIpc) is 1.67. The first-order valence-electron chi connectivity index (χ1n) is 2.03. The lowest BCUT2D eigenvalue weighted by atomic mass is 10.3. The van der Waals surface area contributed by atoms with Crippen LogP contribution >= 0.6 is 0 Å². The van der Waals surface area contributed by atoms with E-state index >= 15 is 0 Å². The van der Waals surface area contributed by atoms with Crippen LogP contribution in [0.5, 0.6) is 0 Å². The summed E-state index contributed by atoms with van der Waals surface area (Å²) in [5, 5.41) is 10.9. The van der Waals surface area contributed by atoms with Gasteiger partial charge < -0.3 is 5.11 Å². The molecule has 0 heterocycles. The van der Waals surface area contributed by atoms with Crippen molar-refractivity contribution in [2.75, 3.05) is 6.54 Å². The van der Waals surface area contributed by atoms with Gasteiger partial charge >= 0.3 is 0 Å². The SMILES string of the molecule is C=C(O)C(=C)CN=O. The molecule has 0 saturated heterocycles. The molecule has 0 aliphatic carbocycles. The minimum absolute atomic E-state index is 0.0880. The summed E-state index contributed by atoms with van der Waals surface area (Å²) in [7, 11) is 0. The highest BCUT2D eigenvalue weighted by Gasteiger charge is 1.93. The molecule has 3 heteroatoms. The highest BCUT2D eigenvalue weighted by Crippen LogP contribution is 1.98. The van der Waals surface area contributed by atoms with E-state index in [9.17, 15) is 4.91 Å². The zero-order chi connectivity index (χ0) is 6.57. The van der Waals surface area contributed by atoms with E-state index in [0.717, 1.165) is 0 Å². The largest absolute Gasteiger partial charge is 0.508 e. The first-order chi connectivity index (χ1) is 3.68. The number of nitrogens with zero attached hydrogens (tertiary/aromatic N) is 1. The van der Waals surface area contributed by atoms with Crippen LogP contribution in [0.1, 0.15) is 0 Å². The summed E-state index contributed by atoms with van der Waals surface area (Å²) >= 11 is 0. The molecule has 0 aliphatic rings. The summed E-state index contributed by atoms with van der Waals surface area (Å²) in [6, 6.07) is 0. The number of hydrogen-bond donors (Lipinski definition) is 1. The highest BCUT2D eigenvalue weighted by molar-refractivity contribution is 5.19. The first kappa shape index (κ1) is 6.88. The van der Waals surface area contributed by atoms with Crippen molar-refractivity contribution in [1.29, 1.82) is 0 Å². The Morgan fingerprint density at radius 1 is 1.62 bits per heavy atom. The molecule has 0 spiro atoms. The van der Waals surface area contributed by atoms with Gasteiger partial charge in [0.1, 0.15) is 12.3 Å². The van der Waals surface area contributed by atoms with E-state index in [2.05, 4.69) is 18.3 Å². The summed E-state index contributed by atoms with van der Waals surface area (Å²) in [4.78, 5) is 9.46. The number of aliphatic hydroxyl groups is 1. The second kappa shape index (κ2) is 2.96. The predicted octanol–water partition coefficient (Wildman–Crippen LogP) is 1.38. The van der Waals surface area contributed by atoms with Crippen molar-refractivity contribution in [3.8, 4) is 0 Å². The fraction of sp³-hybridized carbons (Fsp3) is 0.200. The quantitative estimate of drug-likeness (QED) is 0.341. The molecule has 0 aromatic rings. The zero-order valence-electron chi connectivity index (χ0n) is 4.42. The van der Waals surface area contributed by atoms with Crippen LogP contribution in [-0.4, -0.2) is 11.7 Å². The van der Waals surface area contributed by atoms with Crippen molar-refractivity contribution in [1.82, 2.24) is 0 Å². The molecule has 3 nitrogen and oxygen atoms in total. The van der Waals surface area contributed by atoms with Crippen molar-refractivity contribution in [3.05, 3.63) is 29.4 Å². The molecule has 0 saturated carbocycles. The minimum Gasteiger partial charge on any atom is -0.508 e. The topological polar surface area (TPSA) is 49.7 Å². The lowest BCUT2D eigenvalue weighted by Gasteiger charge is -1.92. The van der Waals surface area contributed by atoms with Gasteiger partial charge in [0.15, 0.2) is 0 Å². The van der Waals surface area contributed by atoms with Crippen molar-refractivity contribution >= 4 is 0 Å². The summed E-state index contributed by atoms with van der Waals surface area (Å²) in [5.41, 5.74) is 0.264.